The Hall–Kier alpha value is -1.81. The highest BCUT2D eigenvalue weighted by Gasteiger charge is 2.10. The molecule has 4 nitrogen and oxygen atoms in total. The number of aromatic amines is 1. The monoisotopic (exact) mass is 277 g/mol. The molecule has 1 unspecified atom stereocenters. The summed E-state index contributed by atoms with van der Waals surface area (Å²) in [5, 5.41) is 3.22. The summed E-state index contributed by atoms with van der Waals surface area (Å²) in [5.41, 5.74) is 2.08. The molecule has 2 aromatic rings. The van der Waals surface area contributed by atoms with Gasteiger partial charge in [0.25, 0.3) is 5.56 Å². The number of aromatic nitrogens is 2. The Labute approximate surface area is 116 Å². The van der Waals surface area contributed by atoms with Crippen molar-refractivity contribution in [3.63, 3.8) is 0 Å². The highest BCUT2D eigenvalue weighted by Crippen LogP contribution is 2.21. The third-order valence-corrected chi connectivity index (χ3v) is 3.39. The standard InChI is InChI=1S/C14H16ClN3O/c1-3-10-4-6-11(7-5-10)9(2)18-13-12(15)14(19)17-8-16-13/h4-9H,3H2,1-2H3,(H2,16,17,18,19). The maximum absolute atomic E-state index is 11.4. The molecule has 0 saturated carbocycles. The van der Waals surface area contributed by atoms with Gasteiger partial charge < -0.3 is 10.3 Å². The van der Waals surface area contributed by atoms with Gasteiger partial charge in [0.2, 0.25) is 0 Å². The zero-order valence-corrected chi connectivity index (χ0v) is 11.7. The summed E-state index contributed by atoms with van der Waals surface area (Å²) in [5.74, 6) is 0.400. The van der Waals surface area contributed by atoms with E-state index in [1.165, 1.54) is 11.9 Å². The summed E-state index contributed by atoms with van der Waals surface area (Å²) in [4.78, 5) is 17.8. The molecule has 1 heterocycles. The minimum absolute atomic E-state index is 0.0257. The molecular weight excluding hydrogens is 262 g/mol. The van der Waals surface area contributed by atoms with Crippen LogP contribution in [0.5, 0.6) is 0 Å². The fourth-order valence-electron chi connectivity index (χ4n) is 1.81. The Morgan fingerprint density at radius 1 is 1.37 bits per heavy atom. The Morgan fingerprint density at radius 3 is 2.68 bits per heavy atom. The average Bonchev–Trinajstić information content (AvgIpc) is 2.44. The van der Waals surface area contributed by atoms with Gasteiger partial charge in [0.15, 0.2) is 5.82 Å². The zero-order valence-electron chi connectivity index (χ0n) is 10.9. The Balaban J connectivity index is 2.18. The lowest BCUT2D eigenvalue weighted by Crippen LogP contribution is -2.14. The summed E-state index contributed by atoms with van der Waals surface area (Å²) in [6.07, 6.45) is 2.35. The lowest BCUT2D eigenvalue weighted by Gasteiger charge is -2.15. The van der Waals surface area contributed by atoms with Crippen molar-refractivity contribution in [2.45, 2.75) is 26.3 Å². The van der Waals surface area contributed by atoms with Gasteiger partial charge in [-0.05, 0) is 24.5 Å². The van der Waals surface area contributed by atoms with Gasteiger partial charge in [0, 0.05) is 6.04 Å². The van der Waals surface area contributed by atoms with Crippen LogP contribution < -0.4 is 10.9 Å². The van der Waals surface area contributed by atoms with Crippen molar-refractivity contribution in [2.75, 3.05) is 5.32 Å². The van der Waals surface area contributed by atoms with Crippen LogP contribution in [0.4, 0.5) is 5.82 Å². The topological polar surface area (TPSA) is 57.8 Å². The maximum Gasteiger partial charge on any atom is 0.271 e. The lowest BCUT2D eigenvalue weighted by atomic mass is 10.1. The fourth-order valence-corrected chi connectivity index (χ4v) is 1.97. The second-order valence-electron chi connectivity index (χ2n) is 4.36. The van der Waals surface area contributed by atoms with E-state index in [1.807, 2.05) is 6.92 Å². The molecule has 0 fully saturated rings. The van der Waals surface area contributed by atoms with Crippen LogP contribution in [-0.4, -0.2) is 9.97 Å². The quantitative estimate of drug-likeness (QED) is 0.902. The highest BCUT2D eigenvalue weighted by molar-refractivity contribution is 6.32. The van der Waals surface area contributed by atoms with Gasteiger partial charge in [-0.3, -0.25) is 4.79 Å². The van der Waals surface area contributed by atoms with Crippen molar-refractivity contribution in [3.8, 4) is 0 Å². The predicted molar refractivity (Wildman–Crippen MR) is 77.7 cm³/mol. The second-order valence-corrected chi connectivity index (χ2v) is 4.73. The molecule has 0 radical (unpaired) electrons. The van der Waals surface area contributed by atoms with E-state index in [4.69, 9.17) is 11.6 Å². The molecule has 0 bridgehead atoms. The smallest absolute Gasteiger partial charge is 0.271 e. The highest BCUT2D eigenvalue weighted by atomic mass is 35.5. The minimum atomic E-state index is -0.340. The molecule has 5 heteroatoms. The number of rotatable bonds is 4. The molecule has 0 aliphatic heterocycles. The number of hydrogen-bond acceptors (Lipinski definition) is 3. The lowest BCUT2D eigenvalue weighted by molar-refractivity contribution is 0.868. The van der Waals surface area contributed by atoms with Crippen LogP contribution >= 0.6 is 11.6 Å². The normalized spacial score (nSPS) is 12.2. The van der Waals surface area contributed by atoms with E-state index in [0.29, 0.717) is 5.82 Å². The van der Waals surface area contributed by atoms with Crippen LogP contribution in [-0.2, 0) is 6.42 Å². The summed E-state index contributed by atoms with van der Waals surface area (Å²) in [6.45, 7) is 4.12. The van der Waals surface area contributed by atoms with E-state index in [0.717, 1.165) is 12.0 Å². The molecule has 1 aromatic carbocycles. The number of benzene rings is 1. The number of nitrogens with one attached hydrogen (secondary N) is 2. The molecule has 2 rings (SSSR count). The Kier molecular flexibility index (Phi) is 4.22. The summed E-state index contributed by atoms with van der Waals surface area (Å²) in [6, 6.07) is 8.35. The van der Waals surface area contributed by atoms with E-state index in [9.17, 15) is 4.79 Å². The van der Waals surface area contributed by atoms with Crippen molar-refractivity contribution < 1.29 is 0 Å². The van der Waals surface area contributed by atoms with Crippen molar-refractivity contribution in [2.24, 2.45) is 0 Å². The largest absolute Gasteiger partial charge is 0.362 e. The van der Waals surface area contributed by atoms with Crippen molar-refractivity contribution in [1.29, 1.82) is 0 Å². The summed E-state index contributed by atoms with van der Waals surface area (Å²) < 4.78 is 0. The molecule has 19 heavy (non-hydrogen) atoms. The number of H-pyrrole nitrogens is 1. The van der Waals surface area contributed by atoms with E-state index in [1.54, 1.807) is 0 Å². The van der Waals surface area contributed by atoms with Crippen LogP contribution in [0.15, 0.2) is 35.4 Å². The van der Waals surface area contributed by atoms with E-state index >= 15 is 0 Å². The molecule has 1 aromatic heterocycles. The first-order valence-corrected chi connectivity index (χ1v) is 6.58. The summed E-state index contributed by atoms with van der Waals surface area (Å²) in [7, 11) is 0. The van der Waals surface area contributed by atoms with Crippen LogP contribution in [0.3, 0.4) is 0 Å². The number of halogens is 1. The van der Waals surface area contributed by atoms with Gasteiger partial charge in [-0.15, -0.1) is 0 Å². The first-order valence-electron chi connectivity index (χ1n) is 6.20. The molecule has 0 spiro atoms. The van der Waals surface area contributed by atoms with E-state index in [-0.39, 0.29) is 16.6 Å². The van der Waals surface area contributed by atoms with Crippen LogP contribution in [0.2, 0.25) is 5.02 Å². The van der Waals surface area contributed by atoms with Crippen LogP contribution in [0.25, 0.3) is 0 Å². The van der Waals surface area contributed by atoms with E-state index < -0.39 is 0 Å². The van der Waals surface area contributed by atoms with Crippen molar-refractivity contribution in [1.82, 2.24) is 9.97 Å². The minimum Gasteiger partial charge on any atom is -0.362 e. The third kappa shape index (κ3) is 3.15. The molecule has 0 aliphatic carbocycles. The maximum atomic E-state index is 11.4. The van der Waals surface area contributed by atoms with Gasteiger partial charge in [-0.1, -0.05) is 42.8 Å². The average molecular weight is 278 g/mol. The molecular formula is C14H16ClN3O. The predicted octanol–water partition coefficient (Wildman–Crippen LogP) is 3.16. The molecule has 0 amide bonds. The zero-order chi connectivity index (χ0) is 13.8. The van der Waals surface area contributed by atoms with Gasteiger partial charge in [0.05, 0.1) is 6.33 Å². The number of hydrogen-bond donors (Lipinski definition) is 2. The first-order chi connectivity index (χ1) is 9.11. The van der Waals surface area contributed by atoms with E-state index in [2.05, 4.69) is 46.5 Å². The molecule has 0 saturated heterocycles. The fraction of sp³-hybridized carbons (Fsp3) is 0.286. The SMILES string of the molecule is CCc1ccc(C(C)Nc2nc[nH]c(=O)c2Cl)cc1. The number of nitrogens with zero attached hydrogens (tertiary/aromatic N) is 1. The molecule has 1 atom stereocenters. The van der Waals surface area contributed by atoms with Crippen molar-refractivity contribution >= 4 is 17.4 Å². The number of aryl methyl sites for hydroxylation is 1. The van der Waals surface area contributed by atoms with Gasteiger partial charge in [-0.2, -0.15) is 0 Å². The first kappa shape index (κ1) is 13.6. The molecule has 100 valence electrons. The van der Waals surface area contributed by atoms with Crippen molar-refractivity contribution in [3.05, 3.63) is 57.1 Å². The van der Waals surface area contributed by atoms with Crippen LogP contribution in [0, 0.1) is 0 Å². The Morgan fingerprint density at radius 2 is 2.05 bits per heavy atom. The second kappa shape index (κ2) is 5.89. The van der Waals surface area contributed by atoms with Gasteiger partial charge in [-0.25, -0.2) is 4.98 Å². The van der Waals surface area contributed by atoms with Gasteiger partial charge >= 0.3 is 0 Å². The Bertz CT molecular complexity index is 607. The van der Waals surface area contributed by atoms with Gasteiger partial charge in [0.1, 0.15) is 5.02 Å². The molecule has 0 aliphatic rings. The number of anilines is 1. The molecule has 2 N–H and O–H groups in total. The summed E-state index contributed by atoms with van der Waals surface area (Å²) >= 11 is 5.90. The third-order valence-electron chi connectivity index (χ3n) is 3.04. The van der Waals surface area contributed by atoms with Crippen LogP contribution in [0.1, 0.15) is 31.0 Å².